The number of hydrogen-bond donors (Lipinski definition) is 2. The van der Waals surface area contributed by atoms with Crippen molar-refractivity contribution in [1.82, 2.24) is 5.32 Å². The van der Waals surface area contributed by atoms with Gasteiger partial charge in [0.2, 0.25) is 5.91 Å². The SMILES string of the molecule is COc1cccc(C2CC2C(=O)N[C@H]2CC[C@@H](C(=O)O)C2)c1. The van der Waals surface area contributed by atoms with Crippen molar-refractivity contribution in [1.29, 1.82) is 0 Å². The van der Waals surface area contributed by atoms with Crippen LogP contribution in [0, 0.1) is 11.8 Å². The number of amides is 1. The summed E-state index contributed by atoms with van der Waals surface area (Å²) < 4.78 is 5.21. The Bertz CT molecular complexity index is 586. The van der Waals surface area contributed by atoms with E-state index in [-0.39, 0.29) is 29.7 Å². The van der Waals surface area contributed by atoms with Crippen molar-refractivity contribution in [2.24, 2.45) is 11.8 Å². The summed E-state index contributed by atoms with van der Waals surface area (Å²) in [5, 5.41) is 12.0. The van der Waals surface area contributed by atoms with E-state index in [0.29, 0.717) is 12.8 Å². The van der Waals surface area contributed by atoms with Gasteiger partial charge in [-0.05, 0) is 49.3 Å². The molecule has 2 unspecified atom stereocenters. The smallest absolute Gasteiger partial charge is 0.306 e. The Balaban J connectivity index is 1.54. The van der Waals surface area contributed by atoms with Crippen molar-refractivity contribution in [3.8, 4) is 5.75 Å². The molecule has 1 aromatic rings. The van der Waals surface area contributed by atoms with Gasteiger partial charge in [-0.1, -0.05) is 12.1 Å². The van der Waals surface area contributed by atoms with Gasteiger partial charge < -0.3 is 15.2 Å². The second kappa shape index (κ2) is 5.99. The lowest BCUT2D eigenvalue weighted by Gasteiger charge is -2.12. The van der Waals surface area contributed by atoms with E-state index in [2.05, 4.69) is 5.32 Å². The Morgan fingerprint density at radius 2 is 2.09 bits per heavy atom. The third-order valence-electron chi connectivity index (χ3n) is 4.78. The average Bonchev–Trinajstić information content (AvgIpc) is 3.19. The molecule has 0 bridgehead atoms. The van der Waals surface area contributed by atoms with Crippen molar-refractivity contribution in [3.63, 3.8) is 0 Å². The van der Waals surface area contributed by atoms with Crippen LogP contribution >= 0.6 is 0 Å². The number of nitrogens with one attached hydrogen (secondary N) is 1. The minimum Gasteiger partial charge on any atom is -0.497 e. The highest BCUT2D eigenvalue weighted by Gasteiger charge is 2.45. The first-order chi connectivity index (χ1) is 10.6. The number of carbonyl (C=O) groups excluding carboxylic acids is 1. The zero-order chi connectivity index (χ0) is 15.7. The number of hydrogen-bond acceptors (Lipinski definition) is 3. The summed E-state index contributed by atoms with van der Waals surface area (Å²) in [5.74, 6) is 0.0754. The molecule has 4 atom stereocenters. The normalized spacial score (nSPS) is 29.9. The van der Waals surface area contributed by atoms with Gasteiger partial charge in [-0.25, -0.2) is 0 Å². The number of carbonyl (C=O) groups is 2. The molecule has 2 saturated carbocycles. The van der Waals surface area contributed by atoms with E-state index in [1.165, 1.54) is 0 Å². The summed E-state index contributed by atoms with van der Waals surface area (Å²) in [6, 6.07) is 7.85. The molecule has 5 heteroatoms. The Labute approximate surface area is 129 Å². The molecule has 2 fully saturated rings. The lowest BCUT2D eigenvalue weighted by Crippen LogP contribution is -2.34. The molecule has 22 heavy (non-hydrogen) atoms. The van der Waals surface area contributed by atoms with Crippen molar-refractivity contribution < 1.29 is 19.4 Å². The van der Waals surface area contributed by atoms with Gasteiger partial charge in [0.15, 0.2) is 0 Å². The highest BCUT2D eigenvalue weighted by atomic mass is 16.5. The van der Waals surface area contributed by atoms with Crippen LogP contribution in [0.1, 0.15) is 37.2 Å². The van der Waals surface area contributed by atoms with Crippen LogP contribution in [0.4, 0.5) is 0 Å². The van der Waals surface area contributed by atoms with E-state index in [4.69, 9.17) is 9.84 Å². The predicted octanol–water partition coefficient (Wildman–Crippen LogP) is 2.17. The standard InChI is InChI=1S/C17H21NO4/c1-22-13-4-2-3-10(8-13)14-9-15(14)16(19)18-12-6-5-11(7-12)17(20)21/h2-4,8,11-12,14-15H,5-7,9H2,1H3,(H,18,19)(H,20,21)/t11-,12+,14?,15?/m1/s1. The number of ether oxygens (including phenoxy) is 1. The second-order valence-corrected chi connectivity index (χ2v) is 6.28. The van der Waals surface area contributed by atoms with E-state index in [1.807, 2.05) is 24.3 Å². The van der Waals surface area contributed by atoms with Gasteiger partial charge in [-0.15, -0.1) is 0 Å². The fourth-order valence-electron chi connectivity index (χ4n) is 3.37. The number of methoxy groups -OCH3 is 1. The zero-order valence-corrected chi connectivity index (χ0v) is 12.6. The summed E-state index contributed by atoms with van der Waals surface area (Å²) in [6.07, 6.45) is 2.83. The fourth-order valence-corrected chi connectivity index (χ4v) is 3.37. The Kier molecular flexibility index (Phi) is 4.05. The zero-order valence-electron chi connectivity index (χ0n) is 12.6. The maximum atomic E-state index is 12.3. The van der Waals surface area contributed by atoms with Crippen LogP contribution in [0.15, 0.2) is 24.3 Å². The summed E-state index contributed by atoms with van der Waals surface area (Å²) >= 11 is 0. The van der Waals surface area contributed by atoms with Gasteiger partial charge in [0.25, 0.3) is 0 Å². The van der Waals surface area contributed by atoms with Gasteiger partial charge in [-0.3, -0.25) is 9.59 Å². The molecule has 0 aromatic heterocycles. The molecule has 5 nitrogen and oxygen atoms in total. The Hall–Kier alpha value is -2.04. The molecule has 0 radical (unpaired) electrons. The predicted molar refractivity (Wildman–Crippen MR) is 80.7 cm³/mol. The van der Waals surface area contributed by atoms with Crippen LogP contribution in [0.5, 0.6) is 5.75 Å². The summed E-state index contributed by atoms with van der Waals surface area (Å²) in [7, 11) is 1.63. The Morgan fingerprint density at radius 1 is 1.27 bits per heavy atom. The van der Waals surface area contributed by atoms with Crippen LogP contribution in [0.25, 0.3) is 0 Å². The van der Waals surface area contributed by atoms with Crippen LogP contribution in [-0.2, 0) is 9.59 Å². The number of carboxylic acids is 1. The first-order valence-corrected chi connectivity index (χ1v) is 7.75. The van der Waals surface area contributed by atoms with E-state index < -0.39 is 5.97 Å². The van der Waals surface area contributed by atoms with Crippen molar-refractivity contribution >= 4 is 11.9 Å². The van der Waals surface area contributed by atoms with E-state index in [0.717, 1.165) is 24.2 Å². The number of benzene rings is 1. The summed E-state index contributed by atoms with van der Waals surface area (Å²) in [4.78, 5) is 23.2. The molecule has 0 heterocycles. The third-order valence-corrected chi connectivity index (χ3v) is 4.78. The van der Waals surface area contributed by atoms with Crippen LogP contribution in [-0.4, -0.2) is 30.1 Å². The molecule has 118 valence electrons. The summed E-state index contributed by atoms with van der Waals surface area (Å²) in [6.45, 7) is 0. The molecular formula is C17H21NO4. The molecule has 2 aliphatic rings. The summed E-state index contributed by atoms with van der Waals surface area (Å²) in [5.41, 5.74) is 1.13. The van der Waals surface area contributed by atoms with E-state index >= 15 is 0 Å². The molecule has 1 amide bonds. The van der Waals surface area contributed by atoms with Crippen molar-refractivity contribution in [2.75, 3.05) is 7.11 Å². The van der Waals surface area contributed by atoms with Crippen molar-refractivity contribution in [3.05, 3.63) is 29.8 Å². The van der Waals surface area contributed by atoms with Crippen LogP contribution in [0.3, 0.4) is 0 Å². The second-order valence-electron chi connectivity index (χ2n) is 6.28. The highest BCUT2D eigenvalue weighted by Crippen LogP contribution is 2.48. The van der Waals surface area contributed by atoms with Crippen molar-refractivity contribution in [2.45, 2.75) is 37.6 Å². The van der Waals surface area contributed by atoms with Gasteiger partial charge in [0.1, 0.15) is 5.75 Å². The van der Waals surface area contributed by atoms with Gasteiger partial charge in [0.05, 0.1) is 13.0 Å². The minimum atomic E-state index is -0.752. The molecule has 0 spiro atoms. The Morgan fingerprint density at radius 3 is 2.77 bits per heavy atom. The maximum absolute atomic E-state index is 12.3. The molecule has 2 aliphatic carbocycles. The van der Waals surface area contributed by atoms with Gasteiger partial charge >= 0.3 is 5.97 Å². The molecule has 0 saturated heterocycles. The number of aliphatic carboxylic acids is 1. The lowest BCUT2D eigenvalue weighted by molar-refractivity contribution is -0.141. The first-order valence-electron chi connectivity index (χ1n) is 7.75. The van der Waals surface area contributed by atoms with Crippen LogP contribution < -0.4 is 10.1 Å². The van der Waals surface area contributed by atoms with Gasteiger partial charge in [-0.2, -0.15) is 0 Å². The number of rotatable bonds is 5. The lowest BCUT2D eigenvalue weighted by atomic mass is 10.1. The van der Waals surface area contributed by atoms with Crippen LogP contribution in [0.2, 0.25) is 0 Å². The number of carboxylic acid groups (broad SMARTS) is 1. The quantitative estimate of drug-likeness (QED) is 0.874. The molecule has 3 rings (SSSR count). The molecule has 1 aromatic carbocycles. The van der Waals surface area contributed by atoms with E-state index in [1.54, 1.807) is 7.11 Å². The largest absolute Gasteiger partial charge is 0.497 e. The average molecular weight is 303 g/mol. The molecule has 2 N–H and O–H groups in total. The minimum absolute atomic E-state index is 0.0102. The molecular weight excluding hydrogens is 282 g/mol. The molecule has 0 aliphatic heterocycles. The van der Waals surface area contributed by atoms with Gasteiger partial charge in [0, 0.05) is 12.0 Å². The topological polar surface area (TPSA) is 75.6 Å². The first kappa shape index (κ1) is 14.9. The maximum Gasteiger partial charge on any atom is 0.306 e. The fraction of sp³-hybridized carbons (Fsp3) is 0.529. The third kappa shape index (κ3) is 3.08. The monoisotopic (exact) mass is 303 g/mol. The highest BCUT2D eigenvalue weighted by molar-refractivity contribution is 5.83. The van der Waals surface area contributed by atoms with E-state index in [9.17, 15) is 9.59 Å².